The molecule has 0 aliphatic carbocycles. The Balaban J connectivity index is 2.09. The van der Waals surface area contributed by atoms with Crippen LogP contribution in [0.4, 0.5) is 5.69 Å². The first kappa shape index (κ1) is 11.1. The molecule has 0 bridgehead atoms. The molecule has 0 aliphatic rings. The summed E-state index contributed by atoms with van der Waals surface area (Å²) in [6.07, 6.45) is 2.85. The van der Waals surface area contributed by atoms with Gasteiger partial charge in [0, 0.05) is 25.3 Å². The first-order valence-electron chi connectivity index (χ1n) is 5.10. The van der Waals surface area contributed by atoms with Gasteiger partial charge in [-0.15, -0.1) is 10.2 Å². The van der Waals surface area contributed by atoms with Gasteiger partial charge in [-0.1, -0.05) is 0 Å². The minimum Gasteiger partial charge on any atom is -0.378 e. The van der Waals surface area contributed by atoms with Crippen molar-refractivity contribution in [3.05, 3.63) is 42.5 Å². The molecule has 0 unspecified atom stereocenters. The summed E-state index contributed by atoms with van der Waals surface area (Å²) in [6, 6.07) is 7.33. The Kier molecular flexibility index (Phi) is 3.04. The number of carbonyl (C=O) groups is 1. The second-order valence-electron chi connectivity index (χ2n) is 3.75. The van der Waals surface area contributed by atoms with Gasteiger partial charge in [0.1, 0.15) is 12.7 Å². The summed E-state index contributed by atoms with van der Waals surface area (Å²) in [5, 5.41) is 7.20. The molecule has 2 rings (SSSR count). The van der Waals surface area contributed by atoms with E-state index < -0.39 is 0 Å². The van der Waals surface area contributed by atoms with Crippen molar-refractivity contribution in [1.82, 2.24) is 14.9 Å². The second-order valence-corrected chi connectivity index (χ2v) is 3.75. The molecule has 0 saturated carbocycles. The van der Waals surface area contributed by atoms with Crippen LogP contribution in [0.25, 0.3) is 0 Å². The maximum absolute atomic E-state index is 11.8. The fourth-order valence-electron chi connectivity index (χ4n) is 1.35. The average molecular weight is 231 g/mol. The molecule has 0 atom stereocenters. The van der Waals surface area contributed by atoms with Gasteiger partial charge in [0.2, 0.25) is 0 Å². The monoisotopic (exact) mass is 231 g/mol. The third-order valence-electron chi connectivity index (χ3n) is 2.30. The minimum atomic E-state index is -0.199. The Hall–Kier alpha value is -2.37. The van der Waals surface area contributed by atoms with Gasteiger partial charge in [-0.05, 0) is 24.3 Å². The summed E-state index contributed by atoms with van der Waals surface area (Å²) in [6.45, 7) is 0. The van der Waals surface area contributed by atoms with Crippen LogP contribution in [0, 0.1) is 0 Å². The van der Waals surface area contributed by atoms with E-state index in [4.69, 9.17) is 0 Å². The number of amides is 1. The highest BCUT2D eigenvalue weighted by molar-refractivity contribution is 6.00. The molecule has 88 valence electrons. The largest absolute Gasteiger partial charge is 0.378 e. The van der Waals surface area contributed by atoms with Crippen LogP contribution < -0.4 is 10.3 Å². The van der Waals surface area contributed by atoms with Gasteiger partial charge < -0.3 is 4.90 Å². The van der Waals surface area contributed by atoms with E-state index >= 15 is 0 Å². The molecular formula is C11H13N5O. The maximum Gasteiger partial charge on any atom is 0.270 e. The Morgan fingerprint density at radius 3 is 2.29 bits per heavy atom. The predicted octanol–water partition coefficient (Wildman–Crippen LogP) is 0.728. The van der Waals surface area contributed by atoms with E-state index in [0.29, 0.717) is 5.56 Å². The molecule has 1 aromatic heterocycles. The van der Waals surface area contributed by atoms with Crippen molar-refractivity contribution in [2.75, 3.05) is 24.4 Å². The van der Waals surface area contributed by atoms with E-state index in [9.17, 15) is 4.79 Å². The van der Waals surface area contributed by atoms with Crippen LogP contribution in [-0.2, 0) is 0 Å². The van der Waals surface area contributed by atoms with E-state index in [-0.39, 0.29) is 5.91 Å². The van der Waals surface area contributed by atoms with Crippen molar-refractivity contribution >= 4 is 11.6 Å². The standard InChI is InChI=1S/C11H13N5O/c1-15(2)10-5-3-9(4-6-10)11(17)14-16-7-12-13-8-16/h3-8H,1-2H3,(H,14,17). The van der Waals surface area contributed by atoms with E-state index in [1.807, 2.05) is 31.1 Å². The van der Waals surface area contributed by atoms with Crippen LogP contribution in [0.1, 0.15) is 10.4 Å². The zero-order valence-corrected chi connectivity index (χ0v) is 9.66. The van der Waals surface area contributed by atoms with Crippen LogP contribution in [0.3, 0.4) is 0 Å². The molecule has 1 N–H and O–H groups in total. The lowest BCUT2D eigenvalue weighted by Gasteiger charge is -2.12. The smallest absolute Gasteiger partial charge is 0.270 e. The van der Waals surface area contributed by atoms with E-state index in [2.05, 4.69) is 15.6 Å². The van der Waals surface area contributed by atoms with E-state index in [0.717, 1.165) is 5.69 Å². The van der Waals surface area contributed by atoms with Crippen LogP contribution in [0.2, 0.25) is 0 Å². The first-order valence-corrected chi connectivity index (χ1v) is 5.10. The average Bonchev–Trinajstić information content (AvgIpc) is 2.82. The quantitative estimate of drug-likeness (QED) is 0.845. The maximum atomic E-state index is 11.8. The molecule has 6 heteroatoms. The molecule has 0 radical (unpaired) electrons. The summed E-state index contributed by atoms with van der Waals surface area (Å²) in [4.78, 5) is 13.8. The highest BCUT2D eigenvalue weighted by Gasteiger charge is 2.05. The number of hydrogen-bond acceptors (Lipinski definition) is 4. The normalized spacial score (nSPS) is 10.0. The number of rotatable bonds is 3. The summed E-state index contributed by atoms with van der Waals surface area (Å²) >= 11 is 0. The molecule has 17 heavy (non-hydrogen) atoms. The number of benzene rings is 1. The first-order chi connectivity index (χ1) is 8.16. The van der Waals surface area contributed by atoms with Crippen molar-refractivity contribution < 1.29 is 4.79 Å². The highest BCUT2D eigenvalue weighted by atomic mass is 16.2. The summed E-state index contributed by atoms with van der Waals surface area (Å²) in [7, 11) is 3.90. The third-order valence-corrected chi connectivity index (χ3v) is 2.30. The molecule has 1 aromatic carbocycles. The summed E-state index contributed by atoms with van der Waals surface area (Å²) < 4.78 is 1.40. The lowest BCUT2D eigenvalue weighted by Crippen LogP contribution is -2.21. The van der Waals surface area contributed by atoms with Gasteiger partial charge >= 0.3 is 0 Å². The van der Waals surface area contributed by atoms with Crippen LogP contribution in [-0.4, -0.2) is 34.9 Å². The van der Waals surface area contributed by atoms with E-state index in [1.165, 1.54) is 17.3 Å². The van der Waals surface area contributed by atoms with Crippen LogP contribution in [0.5, 0.6) is 0 Å². The number of nitrogens with one attached hydrogen (secondary N) is 1. The molecule has 0 fully saturated rings. The lowest BCUT2D eigenvalue weighted by molar-refractivity contribution is 0.101. The van der Waals surface area contributed by atoms with Crippen LogP contribution >= 0.6 is 0 Å². The predicted molar refractivity (Wildman–Crippen MR) is 64.5 cm³/mol. The van der Waals surface area contributed by atoms with Gasteiger partial charge in [-0.2, -0.15) is 0 Å². The Bertz CT molecular complexity index is 489. The van der Waals surface area contributed by atoms with Crippen molar-refractivity contribution in [2.24, 2.45) is 0 Å². The van der Waals surface area contributed by atoms with Gasteiger partial charge in [-0.3, -0.25) is 10.2 Å². The molecule has 1 heterocycles. The van der Waals surface area contributed by atoms with Crippen molar-refractivity contribution in [3.8, 4) is 0 Å². The molecule has 2 aromatic rings. The molecule has 1 amide bonds. The SMILES string of the molecule is CN(C)c1ccc(C(=O)Nn2cnnc2)cc1. The second kappa shape index (κ2) is 4.65. The zero-order valence-electron chi connectivity index (χ0n) is 9.66. The highest BCUT2D eigenvalue weighted by Crippen LogP contribution is 2.12. The number of carbonyl (C=O) groups excluding carboxylic acids is 1. The number of nitrogens with zero attached hydrogens (tertiary/aromatic N) is 4. The fraction of sp³-hybridized carbons (Fsp3) is 0.182. The fourth-order valence-corrected chi connectivity index (χ4v) is 1.35. The van der Waals surface area contributed by atoms with E-state index in [1.54, 1.807) is 12.1 Å². The molecule has 6 nitrogen and oxygen atoms in total. The number of anilines is 1. The molecule has 0 aliphatic heterocycles. The van der Waals surface area contributed by atoms with Gasteiger partial charge in [0.25, 0.3) is 5.91 Å². The van der Waals surface area contributed by atoms with Crippen molar-refractivity contribution in [3.63, 3.8) is 0 Å². The lowest BCUT2D eigenvalue weighted by atomic mass is 10.2. The topological polar surface area (TPSA) is 63.1 Å². The Morgan fingerprint density at radius 1 is 1.18 bits per heavy atom. The summed E-state index contributed by atoms with van der Waals surface area (Å²) in [5.41, 5.74) is 4.26. The van der Waals surface area contributed by atoms with Gasteiger partial charge in [0.05, 0.1) is 0 Å². The van der Waals surface area contributed by atoms with Gasteiger partial charge in [0.15, 0.2) is 0 Å². The van der Waals surface area contributed by atoms with Crippen molar-refractivity contribution in [1.29, 1.82) is 0 Å². The van der Waals surface area contributed by atoms with Crippen LogP contribution in [0.15, 0.2) is 36.9 Å². The summed E-state index contributed by atoms with van der Waals surface area (Å²) in [5.74, 6) is -0.199. The molecule has 0 saturated heterocycles. The Morgan fingerprint density at radius 2 is 1.76 bits per heavy atom. The molecule has 0 spiro atoms. The zero-order chi connectivity index (χ0) is 12.3. The number of aromatic nitrogens is 3. The Labute approximate surface area is 98.9 Å². The molecular weight excluding hydrogens is 218 g/mol. The number of hydrogen-bond donors (Lipinski definition) is 1. The van der Waals surface area contributed by atoms with Crippen molar-refractivity contribution in [2.45, 2.75) is 0 Å². The minimum absolute atomic E-state index is 0.199. The third kappa shape index (κ3) is 2.60. The van der Waals surface area contributed by atoms with Gasteiger partial charge in [-0.25, -0.2) is 4.68 Å².